The Morgan fingerprint density at radius 1 is 1.00 bits per heavy atom. The Morgan fingerprint density at radius 2 is 1.75 bits per heavy atom. The number of anilines is 1. The van der Waals surface area contributed by atoms with Crippen LogP contribution in [-0.2, 0) is 6.54 Å². The van der Waals surface area contributed by atoms with E-state index in [2.05, 4.69) is 24.8 Å². The minimum absolute atomic E-state index is 0.554. The average molecular weight is 290 g/mol. The fourth-order valence-electron chi connectivity index (χ4n) is 2.33. The molecule has 6 heteroatoms. The van der Waals surface area contributed by atoms with Crippen LogP contribution in [0.2, 0.25) is 5.15 Å². The predicted molar refractivity (Wildman–Crippen MR) is 78.8 cm³/mol. The third-order valence-electron chi connectivity index (χ3n) is 3.37. The summed E-state index contributed by atoms with van der Waals surface area (Å²) in [7, 11) is 0. The quantitative estimate of drug-likeness (QED) is 0.807. The number of aromatic nitrogens is 3. The Kier molecular flexibility index (Phi) is 4.08. The van der Waals surface area contributed by atoms with Gasteiger partial charge in [-0.1, -0.05) is 17.7 Å². The third kappa shape index (κ3) is 3.23. The largest absolute Gasteiger partial charge is 0.338 e. The molecular weight excluding hydrogens is 274 g/mol. The maximum atomic E-state index is 5.91. The van der Waals surface area contributed by atoms with E-state index >= 15 is 0 Å². The van der Waals surface area contributed by atoms with Crippen molar-refractivity contribution in [2.75, 3.05) is 31.1 Å². The van der Waals surface area contributed by atoms with Gasteiger partial charge in [0.15, 0.2) is 0 Å². The number of halogens is 1. The molecule has 0 saturated carbocycles. The van der Waals surface area contributed by atoms with Crippen LogP contribution in [0.3, 0.4) is 0 Å². The van der Waals surface area contributed by atoms with E-state index in [1.54, 1.807) is 18.5 Å². The monoisotopic (exact) mass is 289 g/mol. The highest BCUT2D eigenvalue weighted by molar-refractivity contribution is 6.29. The van der Waals surface area contributed by atoms with E-state index in [-0.39, 0.29) is 0 Å². The van der Waals surface area contributed by atoms with Crippen LogP contribution in [-0.4, -0.2) is 46.0 Å². The fourth-order valence-corrected chi connectivity index (χ4v) is 2.51. The third-order valence-corrected chi connectivity index (χ3v) is 3.58. The highest BCUT2D eigenvalue weighted by Crippen LogP contribution is 2.12. The molecule has 0 aliphatic carbocycles. The summed E-state index contributed by atoms with van der Waals surface area (Å²) in [4.78, 5) is 17.5. The standard InChI is InChI=1S/C14H16ClN5/c15-13-4-1-3-12(18-13)11-19-7-9-20(10-8-19)14-16-5-2-6-17-14/h1-6H,7-11H2. The molecule has 104 valence electrons. The van der Waals surface area contributed by atoms with Crippen molar-refractivity contribution in [1.29, 1.82) is 0 Å². The van der Waals surface area contributed by atoms with Crippen molar-refractivity contribution in [3.05, 3.63) is 47.5 Å². The first kappa shape index (κ1) is 13.3. The van der Waals surface area contributed by atoms with Gasteiger partial charge in [0.05, 0.1) is 5.69 Å². The molecule has 0 aromatic carbocycles. The minimum Gasteiger partial charge on any atom is -0.338 e. The zero-order chi connectivity index (χ0) is 13.8. The van der Waals surface area contributed by atoms with Crippen LogP contribution in [0.25, 0.3) is 0 Å². The highest BCUT2D eigenvalue weighted by atomic mass is 35.5. The van der Waals surface area contributed by atoms with E-state index < -0.39 is 0 Å². The summed E-state index contributed by atoms with van der Waals surface area (Å²) in [5, 5.41) is 0.554. The van der Waals surface area contributed by atoms with Crippen molar-refractivity contribution in [1.82, 2.24) is 19.9 Å². The Bertz CT molecular complexity index is 555. The molecule has 3 rings (SSSR count). The van der Waals surface area contributed by atoms with Gasteiger partial charge in [0.2, 0.25) is 5.95 Å². The molecule has 0 unspecified atom stereocenters. The lowest BCUT2D eigenvalue weighted by Crippen LogP contribution is -2.46. The summed E-state index contributed by atoms with van der Waals surface area (Å²) in [5.41, 5.74) is 1.02. The lowest BCUT2D eigenvalue weighted by atomic mass is 10.3. The smallest absolute Gasteiger partial charge is 0.225 e. The van der Waals surface area contributed by atoms with Crippen molar-refractivity contribution in [3.63, 3.8) is 0 Å². The molecule has 3 heterocycles. The molecule has 0 radical (unpaired) electrons. The van der Waals surface area contributed by atoms with E-state index in [0.717, 1.165) is 44.4 Å². The molecule has 1 aliphatic rings. The van der Waals surface area contributed by atoms with Gasteiger partial charge in [0.25, 0.3) is 0 Å². The predicted octanol–water partition coefficient (Wildman–Crippen LogP) is 1.85. The molecule has 1 fully saturated rings. The van der Waals surface area contributed by atoms with Gasteiger partial charge >= 0.3 is 0 Å². The molecule has 1 saturated heterocycles. The van der Waals surface area contributed by atoms with E-state index in [1.807, 2.05) is 18.2 Å². The number of piperazine rings is 1. The van der Waals surface area contributed by atoms with Gasteiger partial charge in [-0.3, -0.25) is 4.90 Å². The van der Waals surface area contributed by atoms with Crippen LogP contribution < -0.4 is 4.90 Å². The normalized spacial score (nSPS) is 16.4. The van der Waals surface area contributed by atoms with Gasteiger partial charge in [-0.2, -0.15) is 0 Å². The molecule has 0 amide bonds. The molecule has 0 atom stereocenters. The molecule has 5 nitrogen and oxygen atoms in total. The van der Waals surface area contributed by atoms with Crippen LogP contribution in [0.4, 0.5) is 5.95 Å². The van der Waals surface area contributed by atoms with Crippen molar-refractivity contribution in [3.8, 4) is 0 Å². The zero-order valence-electron chi connectivity index (χ0n) is 11.1. The van der Waals surface area contributed by atoms with E-state index in [9.17, 15) is 0 Å². The molecular formula is C14H16ClN5. The summed E-state index contributed by atoms with van der Waals surface area (Å²) in [6, 6.07) is 7.59. The van der Waals surface area contributed by atoms with E-state index in [0.29, 0.717) is 5.15 Å². The van der Waals surface area contributed by atoms with Crippen molar-refractivity contribution >= 4 is 17.5 Å². The number of rotatable bonds is 3. The second kappa shape index (κ2) is 6.15. The number of nitrogens with zero attached hydrogens (tertiary/aromatic N) is 5. The topological polar surface area (TPSA) is 45.2 Å². The van der Waals surface area contributed by atoms with Crippen LogP contribution in [0, 0.1) is 0 Å². The van der Waals surface area contributed by atoms with Crippen LogP contribution >= 0.6 is 11.6 Å². The number of hydrogen-bond acceptors (Lipinski definition) is 5. The fraction of sp³-hybridized carbons (Fsp3) is 0.357. The second-order valence-corrected chi connectivity index (χ2v) is 5.15. The van der Waals surface area contributed by atoms with Gasteiger partial charge < -0.3 is 4.90 Å². The van der Waals surface area contributed by atoms with Gasteiger partial charge in [-0.05, 0) is 18.2 Å². The molecule has 0 N–H and O–H groups in total. The van der Waals surface area contributed by atoms with E-state index in [1.165, 1.54) is 0 Å². The van der Waals surface area contributed by atoms with Crippen LogP contribution in [0.5, 0.6) is 0 Å². The van der Waals surface area contributed by atoms with Crippen LogP contribution in [0.15, 0.2) is 36.7 Å². The first-order valence-corrected chi connectivity index (χ1v) is 7.05. The minimum atomic E-state index is 0.554. The van der Waals surface area contributed by atoms with Gasteiger partial charge in [-0.25, -0.2) is 15.0 Å². The lowest BCUT2D eigenvalue weighted by Gasteiger charge is -2.34. The first-order valence-electron chi connectivity index (χ1n) is 6.67. The molecule has 2 aromatic rings. The summed E-state index contributed by atoms with van der Waals surface area (Å²) in [5.74, 6) is 0.813. The zero-order valence-corrected chi connectivity index (χ0v) is 11.9. The number of pyridine rings is 1. The Hall–Kier alpha value is -1.72. The van der Waals surface area contributed by atoms with Crippen LogP contribution in [0.1, 0.15) is 5.69 Å². The first-order chi connectivity index (χ1) is 9.81. The molecule has 0 spiro atoms. The lowest BCUT2D eigenvalue weighted by molar-refractivity contribution is 0.246. The summed E-state index contributed by atoms with van der Waals surface area (Å²) < 4.78 is 0. The summed E-state index contributed by atoms with van der Waals surface area (Å²) >= 11 is 5.91. The van der Waals surface area contributed by atoms with Crippen molar-refractivity contribution in [2.45, 2.75) is 6.54 Å². The van der Waals surface area contributed by atoms with E-state index in [4.69, 9.17) is 11.6 Å². The summed E-state index contributed by atoms with van der Waals surface area (Å²) in [6.45, 7) is 4.66. The maximum Gasteiger partial charge on any atom is 0.225 e. The molecule has 1 aliphatic heterocycles. The molecule has 0 bridgehead atoms. The number of hydrogen-bond donors (Lipinski definition) is 0. The molecule has 20 heavy (non-hydrogen) atoms. The van der Waals surface area contributed by atoms with Crippen molar-refractivity contribution < 1.29 is 0 Å². The maximum absolute atomic E-state index is 5.91. The average Bonchev–Trinajstić information content (AvgIpc) is 2.49. The highest BCUT2D eigenvalue weighted by Gasteiger charge is 2.18. The molecule has 2 aromatic heterocycles. The second-order valence-electron chi connectivity index (χ2n) is 4.76. The van der Waals surface area contributed by atoms with Crippen molar-refractivity contribution in [2.24, 2.45) is 0 Å². The van der Waals surface area contributed by atoms with Gasteiger partial charge in [0.1, 0.15) is 5.15 Å². The Balaban J connectivity index is 1.56. The van der Waals surface area contributed by atoms with Gasteiger partial charge in [0, 0.05) is 45.1 Å². The SMILES string of the molecule is Clc1cccc(CN2CCN(c3ncccn3)CC2)n1. The van der Waals surface area contributed by atoms with Gasteiger partial charge in [-0.15, -0.1) is 0 Å². The summed E-state index contributed by atoms with van der Waals surface area (Å²) in [6.07, 6.45) is 3.56. The Labute approximate surface area is 123 Å². The Morgan fingerprint density at radius 3 is 2.45 bits per heavy atom.